The van der Waals surface area contributed by atoms with Crippen LogP contribution in [0.5, 0.6) is 0 Å². The third-order valence-corrected chi connectivity index (χ3v) is 8.07. The third kappa shape index (κ3) is 4.82. The molecule has 0 spiro atoms. The first-order chi connectivity index (χ1) is 15.5. The molecule has 0 unspecified atom stereocenters. The second kappa shape index (κ2) is 9.76. The molecule has 2 fully saturated rings. The number of nitrogens with one attached hydrogen (secondary N) is 1. The number of amides is 1. The SMILES string of the molecule is C#Cc1cccc(NC(=O)c2ccc(N3CCCCC3)c(S(=O)(=O)N3CCCCC3)c2)c1. The van der Waals surface area contributed by atoms with Crippen LogP contribution in [0.15, 0.2) is 47.4 Å². The summed E-state index contributed by atoms with van der Waals surface area (Å²) in [5, 5.41) is 2.83. The number of benzene rings is 2. The number of hydrogen-bond donors (Lipinski definition) is 1. The standard InChI is InChI=1S/C25H29N3O3S/c1-2-20-10-9-11-22(18-20)26-25(29)21-12-13-23(27-14-5-3-6-15-27)24(19-21)32(30,31)28-16-7-4-8-17-28/h1,9-13,18-19H,3-8,14-17H2,(H,26,29). The van der Waals surface area contributed by atoms with Gasteiger partial charge in [0, 0.05) is 43.0 Å². The summed E-state index contributed by atoms with van der Waals surface area (Å²) in [5.41, 5.74) is 2.25. The molecule has 2 heterocycles. The molecule has 2 saturated heterocycles. The molecule has 2 aromatic carbocycles. The van der Waals surface area contributed by atoms with Crippen molar-refractivity contribution in [2.24, 2.45) is 0 Å². The smallest absolute Gasteiger partial charge is 0.255 e. The number of carbonyl (C=O) groups excluding carboxylic acids is 1. The first-order valence-corrected chi connectivity index (χ1v) is 12.7. The largest absolute Gasteiger partial charge is 0.370 e. The first kappa shape index (κ1) is 22.4. The maximum Gasteiger partial charge on any atom is 0.255 e. The zero-order valence-corrected chi connectivity index (χ0v) is 19.0. The van der Waals surface area contributed by atoms with Crippen molar-refractivity contribution in [2.75, 3.05) is 36.4 Å². The van der Waals surface area contributed by atoms with E-state index in [2.05, 4.69) is 16.1 Å². The van der Waals surface area contributed by atoms with Gasteiger partial charge in [0.25, 0.3) is 5.91 Å². The van der Waals surface area contributed by atoms with Gasteiger partial charge in [-0.2, -0.15) is 4.31 Å². The van der Waals surface area contributed by atoms with E-state index in [9.17, 15) is 13.2 Å². The normalized spacial score (nSPS) is 17.5. The highest BCUT2D eigenvalue weighted by molar-refractivity contribution is 7.89. The summed E-state index contributed by atoms with van der Waals surface area (Å²) in [6.07, 6.45) is 11.5. The molecule has 2 aliphatic rings. The minimum Gasteiger partial charge on any atom is -0.370 e. The molecule has 0 aliphatic carbocycles. The summed E-state index contributed by atoms with van der Waals surface area (Å²) in [6.45, 7) is 2.70. The van der Waals surface area contributed by atoms with Gasteiger partial charge < -0.3 is 10.2 Å². The van der Waals surface area contributed by atoms with Gasteiger partial charge in [0.2, 0.25) is 10.0 Å². The number of hydrogen-bond acceptors (Lipinski definition) is 4. The third-order valence-electron chi connectivity index (χ3n) is 6.14. The number of terminal acetylenes is 1. The molecule has 168 valence electrons. The Bertz CT molecular complexity index is 1130. The van der Waals surface area contributed by atoms with Gasteiger partial charge in [-0.15, -0.1) is 6.42 Å². The predicted molar refractivity (Wildman–Crippen MR) is 127 cm³/mol. The van der Waals surface area contributed by atoms with Crippen molar-refractivity contribution in [1.29, 1.82) is 0 Å². The molecule has 1 N–H and O–H groups in total. The van der Waals surface area contributed by atoms with E-state index in [1.54, 1.807) is 40.7 Å². The van der Waals surface area contributed by atoms with Crippen LogP contribution in [0.3, 0.4) is 0 Å². The lowest BCUT2D eigenvalue weighted by molar-refractivity contribution is 0.102. The van der Waals surface area contributed by atoms with Crippen molar-refractivity contribution < 1.29 is 13.2 Å². The summed E-state index contributed by atoms with van der Waals surface area (Å²) in [7, 11) is -3.70. The van der Waals surface area contributed by atoms with Crippen LogP contribution < -0.4 is 10.2 Å². The minimum absolute atomic E-state index is 0.228. The van der Waals surface area contributed by atoms with Gasteiger partial charge in [0.1, 0.15) is 4.90 Å². The van der Waals surface area contributed by atoms with Crippen molar-refractivity contribution >= 4 is 27.3 Å². The minimum atomic E-state index is -3.70. The molecule has 7 heteroatoms. The highest BCUT2D eigenvalue weighted by Crippen LogP contribution is 2.32. The second-order valence-electron chi connectivity index (χ2n) is 8.37. The van der Waals surface area contributed by atoms with E-state index < -0.39 is 10.0 Å². The molecule has 32 heavy (non-hydrogen) atoms. The van der Waals surface area contributed by atoms with Crippen LogP contribution in [0.25, 0.3) is 0 Å². The predicted octanol–water partition coefficient (Wildman–Crippen LogP) is 4.09. The van der Waals surface area contributed by atoms with Gasteiger partial charge in [-0.3, -0.25) is 4.79 Å². The highest BCUT2D eigenvalue weighted by atomic mass is 32.2. The fourth-order valence-electron chi connectivity index (χ4n) is 4.39. The number of nitrogens with zero attached hydrogens (tertiary/aromatic N) is 2. The number of rotatable bonds is 5. The van der Waals surface area contributed by atoms with E-state index in [4.69, 9.17) is 6.42 Å². The van der Waals surface area contributed by atoms with Crippen LogP contribution in [0.1, 0.15) is 54.4 Å². The van der Waals surface area contributed by atoms with Crippen molar-refractivity contribution in [2.45, 2.75) is 43.4 Å². The maximum atomic E-state index is 13.6. The molecule has 1 amide bonds. The zero-order valence-electron chi connectivity index (χ0n) is 18.2. The van der Waals surface area contributed by atoms with Crippen LogP contribution in [0.2, 0.25) is 0 Å². The lowest BCUT2D eigenvalue weighted by Crippen LogP contribution is -2.37. The number of sulfonamides is 1. The Labute approximate surface area is 190 Å². The zero-order chi connectivity index (χ0) is 22.6. The van der Waals surface area contributed by atoms with Crippen LogP contribution in [0, 0.1) is 12.3 Å². The summed E-state index contributed by atoms with van der Waals surface area (Å²) < 4.78 is 28.8. The summed E-state index contributed by atoms with van der Waals surface area (Å²) >= 11 is 0. The van der Waals surface area contributed by atoms with Gasteiger partial charge in [-0.05, 0) is 68.5 Å². The number of anilines is 2. The van der Waals surface area contributed by atoms with E-state index >= 15 is 0 Å². The number of piperidine rings is 2. The summed E-state index contributed by atoms with van der Waals surface area (Å²) in [6, 6.07) is 12.1. The lowest BCUT2D eigenvalue weighted by atomic mass is 10.1. The maximum absolute atomic E-state index is 13.6. The van der Waals surface area contributed by atoms with Crippen molar-refractivity contribution in [3.05, 3.63) is 53.6 Å². The fraction of sp³-hybridized carbons (Fsp3) is 0.400. The average molecular weight is 452 g/mol. The highest BCUT2D eigenvalue weighted by Gasteiger charge is 2.31. The van der Waals surface area contributed by atoms with Gasteiger partial charge in [-0.25, -0.2) is 8.42 Å². The van der Waals surface area contributed by atoms with Gasteiger partial charge in [0.05, 0.1) is 5.69 Å². The molecular weight excluding hydrogens is 422 g/mol. The van der Waals surface area contributed by atoms with Crippen molar-refractivity contribution in [1.82, 2.24) is 4.31 Å². The topological polar surface area (TPSA) is 69.7 Å². The first-order valence-electron chi connectivity index (χ1n) is 11.3. The molecule has 2 aliphatic heterocycles. The molecule has 4 rings (SSSR count). The van der Waals surface area contributed by atoms with Crippen LogP contribution in [0.4, 0.5) is 11.4 Å². The van der Waals surface area contributed by atoms with Gasteiger partial charge in [-0.1, -0.05) is 18.4 Å². The molecule has 0 saturated carbocycles. The number of carbonyl (C=O) groups is 1. The summed E-state index contributed by atoms with van der Waals surface area (Å²) in [4.78, 5) is 15.3. The van der Waals surface area contributed by atoms with E-state index in [1.165, 1.54) is 6.07 Å². The van der Waals surface area contributed by atoms with E-state index in [0.29, 0.717) is 35.6 Å². The molecule has 0 atom stereocenters. The molecular formula is C25H29N3O3S. The van der Waals surface area contributed by atoms with Crippen molar-refractivity contribution in [3.63, 3.8) is 0 Å². The molecule has 0 radical (unpaired) electrons. The van der Waals surface area contributed by atoms with Crippen LogP contribution in [-0.2, 0) is 10.0 Å². The van der Waals surface area contributed by atoms with E-state index in [0.717, 1.165) is 51.6 Å². The Kier molecular flexibility index (Phi) is 6.83. The van der Waals surface area contributed by atoms with E-state index in [-0.39, 0.29) is 10.8 Å². The quantitative estimate of drug-likeness (QED) is 0.696. The molecule has 6 nitrogen and oxygen atoms in total. The van der Waals surface area contributed by atoms with Crippen molar-refractivity contribution in [3.8, 4) is 12.3 Å². The Morgan fingerprint density at radius 1 is 0.906 bits per heavy atom. The Balaban J connectivity index is 1.69. The monoisotopic (exact) mass is 451 g/mol. The Morgan fingerprint density at radius 3 is 2.28 bits per heavy atom. The lowest BCUT2D eigenvalue weighted by Gasteiger charge is -2.33. The van der Waals surface area contributed by atoms with Crippen LogP contribution >= 0.6 is 0 Å². The molecule has 0 aromatic heterocycles. The molecule has 2 aromatic rings. The Hall–Kier alpha value is -2.82. The average Bonchev–Trinajstić information content (AvgIpc) is 2.85. The molecule has 0 bridgehead atoms. The summed E-state index contributed by atoms with van der Waals surface area (Å²) in [5.74, 6) is 2.19. The Morgan fingerprint density at radius 2 is 1.59 bits per heavy atom. The van der Waals surface area contributed by atoms with E-state index in [1.807, 2.05) is 0 Å². The van der Waals surface area contributed by atoms with Gasteiger partial charge >= 0.3 is 0 Å². The fourth-order valence-corrected chi connectivity index (χ4v) is 6.15. The van der Waals surface area contributed by atoms with Gasteiger partial charge in [0.15, 0.2) is 0 Å². The second-order valence-corrected chi connectivity index (χ2v) is 10.3. The van der Waals surface area contributed by atoms with Crippen LogP contribution in [-0.4, -0.2) is 44.8 Å².